The standard InChI is InChI=1S/C46H49N7O6S/c47-40-13-5-6-14-41(40)49-44(57)16-4-2-1-3-15-43(56)48-28-32-9-7-10-34(25-32)35-11-8-12-36(26-35)45-58-39(27-42(59-45)33-19-17-31(29-54)18-20-33)30-60-46-50-51-52-53(46)37-21-23-38(55)24-22-37/h5-14,17-26,39,42,45,54-55H,1-4,15-16,27-30,47H2,(H,48,56)(H,49,57)/t39-,42+,45+/m1/s1. The molecule has 6 N–H and O–H groups in total. The van der Waals surface area contributed by atoms with Gasteiger partial charge in [0.15, 0.2) is 6.29 Å². The number of hydrogen-bond acceptors (Lipinski definition) is 11. The number of para-hydroxylation sites is 2. The maximum absolute atomic E-state index is 12.7. The Hall–Kier alpha value is -6.06. The van der Waals surface area contributed by atoms with Gasteiger partial charge in [-0.3, -0.25) is 9.59 Å². The van der Waals surface area contributed by atoms with E-state index in [1.165, 1.54) is 11.8 Å². The molecule has 60 heavy (non-hydrogen) atoms. The van der Waals surface area contributed by atoms with Crippen LogP contribution >= 0.6 is 11.8 Å². The summed E-state index contributed by atoms with van der Waals surface area (Å²) in [6, 6.07) is 37.9. The summed E-state index contributed by atoms with van der Waals surface area (Å²) in [5.74, 6) is 0.653. The molecule has 0 saturated carbocycles. The number of nitrogens with two attached hydrogens (primary N) is 1. The van der Waals surface area contributed by atoms with Crippen LogP contribution in [-0.2, 0) is 32.2 Å². The van der Waals surface area contributed by atoms with E-state index in [2.05, 4.69) is 38.3 Å². The van der Waals surface area contributed by atoms with Gasteiger partial charge in [0.05, 0.1) is 35.9 Å². The van der Waals surface area contributed by atoms with E-state index in [4.69, 9.17) is 15.2 Å². The zero-order valence-corrected chi connectivity index (χ0v) is 34.0. The molecular formula is C46H49N7O6S. The van der Waals surface area contributed by atoms with Gasteiger partial charge >= 0.3 is 0 Å². The van der Waals surface area contributed by atoms with Crippen molar-refractivity contribution in [1.82, 2.24) is 25.5 Å². The van der Waals surface area contributed by atoms with E-state index in [0.717, 1.165) is 64.8 Å². The molecule has 1 aliphatic heterocycles. The van der Waals surface area contributed by atoms with Crippen LogP contribution in [0.2, 0.25) is 0 Å². The summed E-state index contributed by atoms with van der Waals surface area (Å²) >= 11 is 1.48. The summed E-state index contributed by atoms with van der Waals surface area (Å²) in [6.07, 6.45) is 3.53. The highest BCUT2D eigenvalue weighted by Gasteiger charge is 2.33. The molecule has 0 unspecified atom stereocenters. The van der Waals surface area contributed by atoms with E-state index in [9.17, 15) is 19.8 Å². The van der Waals surface area contributed by atoms with Crippen LogP contribution < -0.4 is 16.4 Å². The lowest BCUT2D eigenvalue weighted by atomic mass is 9.99. The average Bonchev–Trinajstić information content (AvgIpc) is 3.76. The number of benzene rings is 5. The van der Waals surface area contributed by atoms with Crippen molar-refractivity contribution in [2.75, 3.05) is 16.8 Å². The summed E-state index contributed by atoms with van der Waals surface area (Å²) in [5.41, 5.74) is 13.5. The highest BCUT2D eigenvalue weighted by Crippen LogP contribution is 2.40. The second kappa shape index (κ2) is 20.8. The number of hydrogen-bond donors (Lipinski definition) is 5. The summed E-state index contributed by atoms with van der Waals surface area (Å²) in [7, 11) is 0. The Morgan fingerprint density at radius 2 is 1.52 bits per heavy atom. The minimum Gasteiger partial charge on any atom is -0.508 e. The molecule has 2 heterocycles. The van der Waals surface area contributed by atoms with Crippen molar-refractivity contribution in [3.05, 3.63) is 144 Å². The number of phenolic OH excluding ortho intramolecular Hbond substituents is 1. The first-order chi connectivity index (χ1) is 29.3. The molecule has 3 atom stereocenters. The number of anilines is 2. The van der Waals surface area contributed by atoms with Crippen molar-refractivity contribution >= 4 is 35.0 Å². The molecule has 2 amide bonds. The molecule has 0 bridgehead atoms. The number of amides is 2. The van der Waals surface area contributed by atoms with Crippen molar-refractivity contribution in [3.8, 4) is 22.6 Å². The van der Waals surface area contributed by atoms with Gasteiger partial charge in [-0.15, -0.1) is 5.10 Å². The highest BCUT2D eigenvalue weighted by molar-refractivity contribution is 7.99. The van der Waals surface area contributed by atoms with E-state index < -0.39 is 6.29 Å². The molecular weight excluding hydrogens is 779 g/mol. The Morgan fingerprint density at radius 3 is 2.28 bits per heavy atom. The third-order valence-electron chi connectivity index (χ3n) is 10.2. The van der Waals surface area contributed by atoms with Gasteiger partial charge in [-0.2, -0.15) is 4.68 Å². The lowest BCUT2D eigenvalue weighted by Gasteiger charge is -2.36. The number of tetrazole rings is 1. The van der Waals surface area contributed by atoms with Crippen LogP contribution in [0, 0.1) is 0 Å². The van der Waals surface area contributed by atoms with E-state index in [0.29, 0.717) is 48.1 Å². The fraction of sp³-hybridized carbons (Fsp3) is 0.283. The number of thioether (sulfide) groups is 1. The quantitative estimate of drug-likeness (QED) is 0.0321. The van der Waals surface area contributed by atoms with Crippen LogP contribution in [0.4, 0.5) is 11.4 Å². The van der Waals surface area contributed by atoms with Crippen LogP contribution in [-0.4, -0.2) is 54.1 Å². The summed E-state index contributed by atoms with van der Waals surface area (Å²) in [5, 5.41) is 38.2. The maximum Gasteiger partial charge on any atom is 0.224 e. The van der Waals surface area contributed by atoms with Crippen molar-refractivity contribution in [3.63, 3.8) is 0 Å². The summed E-state index contributed by atoms with van der Waals surface area (Å²) < 4.78 is 14.9. The molecule has 14 heteroatoms. The molecule has 1 saturated heterocycles. The third-order valence-corrected chi connectivity index (χ3v) is 11.3. The second-order valence-corrected chi connectivity index (χ2v) is 15.7. The molecule has 0 aliphatic carbocycles. The largest absolute Gasteiger partial charge is 0.508 e. The molecule has 0 radical (unpaired) electrons. The average molecular weight is 828 g/mol. The second-order valence-electron chi connectivity index (χ2n) is 14.7. The van der Waals surface area contributed by atoms with E-state index in [1.54, 1.807) is 41.1 Å². The predicted molar refractivity (Wildman–Crippen MR) is 231 cm³/mol. The first-order valence-corrected chi connectivity index (χ1v) is 21.1. The maximum atomic E-state index is 12.7. The van der Waals surface area contributed by atoms with Gasteiger partial charge in [-0.25, -0.2) is 0 Å². The normalized spacial score (nSPS) is 16.3. The van der Waals surface area contributed by atoms with E-state index >= 15 is 0 Å². The lowest BCUT2D eigenvalue weighted by molar-refractivity contribution is -0.245. The Labute approximate surface area is 353 Å². The fourth-order valence-corrected chi connectivity index (χ4v) is 7.89. The molecule has 5 aromatic carbocycles. The Bertz CT molecular complexity index is 2340. The number of aliphatic hydroxyl groups is 1. The molecule has 310 valence electrons. The van der Waals surface area contributed by atoms with Crippen LogP contribution in [0.5, 0.6) is 5.75 Å². The zero-order valence-electron chi connectivity index (χ0n) is 33.2. The van der Waals surface area contributed by atoms with Crippen LogP contribution in [0.3, 0.4) is 0 Å². The number of phenols is 1. The molecule has 13 nitrogen and oxygen atoms in total. The van der Waals surface area contributed by atoms with Crippen LogP contribution in [0.15, 0.2) is 126 Å². The minimum absolute atomic E-state index is 0.00332. The van der Waals surface area contributed by atoms with Crippen molar-refractivity contribution in [2.24, 2.45) is 0 Å². The number of unbranched alkanes of at least 4 members (excludes halogenated alkanes) is 3. The first-order valence-electron chi connectivity index (χ1n) is 20.1. The molecule has 0 spiro atoms. The number of rotatable bonds is 18. The number of aromatic nitrogens is 4. The predicted octanol–water partition coefficient (Wildman–Crippen LogP) is 8.04. The zero-order chi connectivity index (χ0) is 41.7. The SMILES string of the molecule is Nc1ccccc1NC(=O)CCCCCCC(=O)NCc1cccc(-c2cccc([C@H]3O[C@@H](CSc4nnnn4-c4ccc(O)cc4)C[C@@H](c4ccc(CO)cc4)O3)c2)c1. The van der Waals surface area contributed by atoms with Crippen molar-refractivity contribution in [1.29, 1.82) is 0 Å². The number of ether oxygens (including phenoxy) is 2. The molecule has 7 rings (SSSR count). The number of aromatic hydroxyl groups is 1. The molecule has 1 aliphatic rings. The Balaban J connectivity index is 0.938. The van der Waals surface area contributed by atoms with E-state index in [-0.39, 0.29) is 36.4 Å². The van der Waals surface area contributed by atoms with Gasteiger partial charge < -0.3 is 36.1 Å². The summed E-state index contributed by atoms with van der Waals surface area (Å²) in [4.78, 5) is 25.0. The van der Waals surface area contributed by atoms with Gasteiger partial charge in [0.2, 0.25) is 17.0 Å². The monoisotopic (exact) mass is 827 g/mol. The molecule has 1 aromatic heterocycles. The highest BCUT2D eigenvalue weighted by atomic mass is 32.2. The number of carbonyl (C=O) groups is 2. The van der Waals surface area contributed by atoms with Crippen molar-refractivity contribution < 1.29 is 29.3 Å². The van der Waals surface area contributed by atoms with Gasteiger partial charge in [0.25, 0.3) is 0 Å². The van der Waals surface area contributed by atoms with Gasteiger partial charge in [-0.1, -0.05) is 97.4 Å². The first kappa shape index (κ1) is 42.1. The van der Waals surface area contributed by atoms with E-state index in [1.807, 2.05) is 72.8 Å². The van der Waals surface area contributed by atoms with Gasteiger partial charge in [0, 0.05) is 37.1 Å². The number of nitrogens with zero attached hydrogens (tertiary/aromatic N) is 4. The van der Waals surface area contributed by atoms with Gasteiger partial charge in [0.1, 0.15) is 5.75 Å². The number of aliphatic hydroxyl groups excluding tert-OH is 1. The van der Waals surface area contributed by atoms with Crippen LogP contribution in [0.25, 0.3) is 16.8 Å². The smallest absolute Gasteiger partial charge is 0.224 e. The third kappa shape index (κ3) is 11.6. The molecule has 6 aromatic rings. The number of nitrogen functional groups attached to an aromatic ring is 1. The topological polar surface area (TPSA) is 187 Å². The number of carbonyl (C=O) groups excluding carboxylic acids is 2. The fourth-order valence-electron chi connectivity index (χ4n) is 6.98. The van der Waals surface area contributed by atoms with Gasteiger partial charge in [-0.05, 0) is 99.6 Å². The Kier molecular flexibility index (Phi) is 14.6. The lowest BCUT2D eigenvalue weighted by Crippen LogP contribution is -2.31. The van der Waals surface area contributed by atoms with Crippen molar-refractivity contribution in [2.45, 2.75) is 81.8 Å². The Morgan fingerprint density at radius 1 is 0.783 bits per heavy atom. The van der Waals surface area contributed by atoms with Crippen LogP contribution in [0.1, 0.15) is 79.6 Å². The summed E-state index contributed by atoms with van der Waals surface area (Å²) in [6.45, 7) is 0.375. The number of nitrogens with one attached hydrogen (secondary N) is 2. The minimum atomic E-state index is -0.659. The molecule has 1 fully saturated rings.